The number of amides is 1. The molecule has 0 bridgehead atoms. The Balaban J connectivity index is 0.00000243. The highest BCUT2D eigenvalue weighted by atomic mass is 35.5. The van der Waals surface area contributed by atoms with Crippen LogP contribution in [0.2, 0.25) is 0 Å². The van der Waals surface area contributed by atoms with E-state index in [4.69, 9.17) is 9.15 Å². The number of rotatable bonds is 6. The van der Waals surface area contributed by atoms with Crippen molar-refractivity contribution in [3.8, 4) is 0 Å². The maximum Gasteiger partial charge on any atom is 0.224 e. The fraction of sp³-hybridized carbons (Fsp3) is 0.550. The number of furan rings is 1. The maximum atomic E-state index is 12.5. The number of aryl methyl sites for hydroxylation is 2. The SMILES string of the molecule is COCC1(CNC(=O)Cc2coc3cc(C)c(C)cc23)CCNCC1.Cl. The van der Waals surface area contributed by atoms with Crippen LogP contribution in [-0.2, 0) is 16.0 Å². The van der Waals surface area contributed by atoms with Crippen molar-refractivity contribution < 1.29 is 13.9 Å². The van der Waals surface area contributed by atoms with E-state index in [1.807, 2.05) is 6.07 Å². The third-order valence-electron chi connectivity index (χ3n) is 5.40. The molecule has 2 heterocycles. The summed E-state index contributed by atoms with van der Waals surface area (Å²) in [7, 11) is 1.73. The molecule has 1 aromatic carbocycles. The van der Waals surface area contributed by atoms with E-state index in [0.717, 1.165) is 42.5 Å². The minimum absolute atomic E-state index is 0. The quantitative estimate of drug-likeness (QED) is 0.808. The highest BCUT2D eigenvalue weighted by Crippen LogP contribution is 2.29. The van der Waals surface area contributed by atoms with Gasteiger partial charge in [-0.2, -0.15) is 0 Å². The molecule has 0 spiro atoms. The summed E-state index contributed by atoms with van der Waals surface area (Å²) in [4.78, 5) is 12.5. The fourth-order valence-electron chi connectivity index (χ4n) is 3.63. The molecule has 1 aliphatic rings. The third kappa shape index (κ3) is 4.58. The van der Waals surface area contributed by atoms with Gasteiger partial charge in [-0.25, -0.2) is 0 Å². The minimum atomic E-state index is 0. The number of nitrogens with one attached hydrogen (secondary N) is 2. The van der Waals surface area contributed by atoms with Crippen LogP contribution in [0.25, 0.3) is 11.0 Å². The average Bonchev–Trinajstić information content (AvgIpc) is 2.96. The lowest BCUT2D eigenvalue weighted by molar-refractivity contribution is -0.121. The minimum Gasteiger partial charge on any atom is -0.464 e. The van der Waals surface area contributed by atoms with E-state index < -0.39 is 0 Å². The predicted octanol–water partition coefficient (Wildman–Crippen LogP) is 3.15. The summed E-state index contributed by atoms with van der Waals surface area (Å²) in [5.74, 6) is 0.0370. The van der Waals surface area contributed by atoms with Crippen molar-refractivity contribution in [2.24, 2.45) is 5.41 Å². The normalized spacial score (nSPS) is 16.3. The molecule has 1 amide bonds. The number of hydrogen-bond donors (Lipinski definition) is 2. The molecule has 2 N–H and O–H groups in total. The summed E-state index contributed by atoms with van der Waals surface area (Å²) in [6, 6.07) is 4.14. The second kappa shape index (κ2) is 8.89. The first kappa shape index (κ1) is 20.7. The van der Waals surface area contributed by atoms with Gasteiger partial charge < -0.3 is 19.8 Å². The van der Waals surface area contributed by atoms with Gasteiger partial charge in [0.25, 0.3) is 0 Å². The summed E-state index contributed by atoms with van der Waals surface area (Å²) < 4.78 is 11.0. The lowest BCUT2D eigenvalue weighted by atomic mass is 9.79. The number of carbonyl (C=O) groups is 1. The van der Waals surface area contributed by atoms with Crippen molar-refractivity contribution in [3.05, 3.63) is 35.1 Å². The van der Waals surface area contributed by atoms with Crippen LogP contribution in [0.15, 0.2) is 22.8 Å². The van der Waals surface area contributed by atoms with Crippen LogP contribution in [0.1, 0.15) is 29.5 Å². The van der Waals surface area contributed by atoms with Gasteiger partial charge in [0, 0.05) is 30.0 Å². The molecule has 0 unspecified atom stereocenters. The Bertz CT molecular complexity index is 745. The van der Waals surface area contributed by atoms with Crippen molar-refractivity contribution >= 4 is 29.3 Å². The molecule has 26 heavy (non-hydrogen) atoms. The fourth-order valence-corrected chi connectivity index (χ4v) is 3.63. The molecule has 6 heteroatoms. The number of carbonyl (C=O) groups excluding carboxylic acids is 1. The van der Waals surface area contributed by atoms with Crippen LogP contribution in [0.3, 0.4) is 0 Å². The van der Waals surface area contributed by atoms with Gasteiger partial charge in [0.05, 0.1) is 19.3 Å². The number of ether oxygens (including phenoxy) is 1. The largest absolute Gasteiger partial charge is 0.464 e. The van der Waals surface area contributed by atoms with Gasteiger partial charge in [0.15, 0.2) is 0 Å². The molecule has 5 nitrogen and oxygen atoms in total. The van der Waals surface area contributed by atoms with E-state index in [2.05, 4.69) is 30.5 Å². The zero-order chi connectivity index (χ0) is 17.9. The van der Waals surface area contributed by atoms with Gasteiger partial charge >= 0.3 is 0 Å². The molecule has 0 aliphatic carbocycles. The Kier molecular flexibility index (Phi) is 7.09. The molecule has 0 saturated carbocycles. The number of benzene rings is 1. The van der Waals surface area contributed by atoms with Gasteiger partial charge in [-0.05, 0) is 63.0 Å². The van der Waals surface area contributed by atoms with Crippen molar-refractivity contribution in [2.45, 2.75) is 33.1 Å². The topological polar surface area (TPSA) is 63.5 Å². The van der Waals surface area contributed by atoms with Crippen LogP contribution in [-0.4, -0.2) is 39.3 Å². The third-order valence-corrected chi connectivity index (χ3v) is 5.40. The molecular weight excluding hydrogens is 352 g/mol. The van der Waals surface area contributed by atoms with Crippen molar-refractivity contribution in [1.29, 1.82) is 0 Å². The lowest BCUT2D eigenvalue weighted by Crippen LogP contribution is -2.47. The van der Waals surface area contributed by atoms with Crippen molar-refractivity contribution in [1.82, 2.24) is 10.6 Å². The highest BCUT2D eigenvalue weighted by molar-refractivity contribution is 5.88. The Hall–Kier alpha value is -1.56. The first-order valence-electron chi connectivity index (χ1n) is 8.97. The molecule has 144 valence electrons. The summed E-state index contributed by atoms with van der Waals surface area (Å²) in [5, 5.41) is 7.52. The first-order chi connectivity index (χ1) is 12.0. The zero-order valence-corrected chi connectivity index (χ0v) is 16.6. The van der Waals surface area contributed by atoms with Crippen molar-refractivity contribution in [3.63, 3.8) is 0 Å². The number of hydrogen-bond acceptors (Lipinski definition) is 4. The van der Waals surface area contributed by atoms with Crippen LogP contribution in [0, 0.1) is 19.3 Å². The average molecular weight is 381 g/mol. The van der Waals surface area contributed by atoms with Gasteiger partial charge in [0.1, 0.15) is 5.58 Å². The summed E-state index contributed by atoms with van der Waals surface area (Å²) in [6.07, 6.45) is 4.10. The van der Waals surface area contributed by atoms with E-state index in [1.54, 1.807) is 13.4 Å². The number of fused-ring (bicyclic) bond motifs is 1. The number of methoxy groups -OCH3 is 1. The maximum absolute atomic E-state index is 12.5. The summed E-state index contributed by atoms with van der Waals surface area (Å²) in [5.41, 5.74) is 4.25. The number of piperidine rings is 1. The molecule has 0 radical (unpaired) electrons. The van der Waals surface area contributed by atoms with Gasteiger partial charge in [-0.3, -0.25) is 4.79 Å². The van der Waals surface area contributed by atoms with E-state index in [9.17, 15) is 4.79 Å². The Labute approximate surface area is 161 Å². The van der Waals surface area contributed by atoms with Crippen molar-refractivity contribution in [2.75, 3.05) is 33.4 Å². The molecule has 1 fully saturated rings. The standard InChI is InChI=1S/C20H28N2O3.ClH/c1-14-8-17-16(11-25-18(17)9-15(14)2)10-19(23)22-12-20(13-24-3)4-6-21-7-5-20;/h8-9,11,21H,4-7,10,12-13H2,1-3H3,(H,22,23);1H. The van der Waals surface area contributed by atoms with Crippen LogP contribution in [0.5, 0.6) is 0 Å². The molecule has 2 aromatic rings. The molecule has 1 aliphatic heterocycles. The number of halogens is 1. The second-order valence-corrected chi connectivity index (χ2v) is 7.33. The van der Waals surface area contributed by atoms with E-state index >= 15 is 0 Å². The van der Waals surface area contributed by atoms with Gasteiger partial charge in [-0.1, -0.05) is 0 Å². The second-order valence-electron chi connectivity index (χ2n) is 7.33. The Morgan fingerprint density at radius 3 is 2.65 bits per heavy atom. The molecule has 1 saturated heterocycles. The van der Waals surface area contributed by atoms with Crippen LogP contribution in [0.4, 0.5) is 0 Å². The van der Waals surface area contributed by atoms with E-state index in [1.165, 1.54) is 11.1 Å². The smallest absolute Gasteiger partial charge is 0.224 e. The first-order valence-corrected chi connectivity index (χ1v) is 8.97. The van der Waals surface area contributed by atoms with Gasteiger partial charge in [-0.15, -0.1) is 12.4 Å². The van der Waals surface area contributed by atoms with Gasteiger partial charge in [0.2, 0.25) is 5.91 Å². The Morgan fingerprint density at radius 2 is 1.96 bits per heavy atom. The predicted molar refractivity (Wildman–Crippen MR) is 106 cm³/mol. The molecule has 0 atom stereocenters. The summed E-state index contributed by atoms with van der Waals surface area (Å²) in [6.45, 7) is 7.45. The lowest BCUT2D eigenvalue weighted by Gasteiger charge is -2.37. The monoisotopic (exact) mass is 380 g/mol. The van der Waals surface area contributed by atoms with E-state index in [0.29, 0.717) is 19.6 Å². The van der Waals surface area contributed by atoms with Crippen LogP contribution < -0.4 is 10.6 Å². The molecule has 3 rings (SSSR count). The Morgan fingerprint density at radius 1 is 1.27 bits per heavy atom. The van der Waals surface area contributed by atoms with Crippen LogP contribution >= 0.6 is 12.4 Å². The molecular formula is C20H29ClN2O3. The highest BCUT2D eigenvalue weighted by Gasteiger charge is 2.32. The zero-order valence-electron chi connectivity index (χ0n) is 15.8. The summed E-state index contributed by atoms with van der Waals surface area (Å²) >= 11 is 0. The molecule has 1 aromatic heterocycles. The van der Waals surface area contributed by atoms with E-state index in [-0.39, 0.29) is 23.7 Å².